The fourth-order valence-corrected chi connectivity index (χ4v) is 5.10. The summed E-state index contributed by atoms with van der Waals surface area (Å²) in [5.74, 6) is 0.320. The summed E-state index contributed by atoms with van der Waals surface area (Å²) in [6.45, 7) is 5.37. The van der Waals surface area contributed by atoms with Gasteiger partial charge >= 0.3 is 0 Å². The molecule has 0 heterocycles. The summed E-state index contributed by atoms with van der Waals surface area (Å²) in [7, 11) is -2.97. The molecular formula is C24H32O2S. The SMILES string of the molecule is CC(C)(C)S(=O)(=O)CCCCCCCc1cccc2c1Cc1ccccc1-2. The normalized spacial score (nSPS) is 13.4. The zero-order valence-corrected chi connectivity index (χ0v) is 17.7. The minimum atomic E-state index is -2.97. The van der Waals surface area contributed by atoms with Crippen LogP contribution in [-0.4, -0.2) is 18.9 Å². The second-order valence-corrected chi connectivity index (χ2v) is 11.6. The highest BCUT2D eigenvalue weighted by Crippen LogP contribution is 2.38. The molecule has 3 heteroatoms. The van der Waals surface area contributed by atoms with Gasteiger partial charge in [-0.15, -0.1) is 0 Å². The molecule has 0 radical (unpaired) electrons. The largest absolute Gasteiger partial charge is 0.228 e. The number of rotatable bonds is 8. The second kappa shape index (κ2) is 8.18. The molecule has 0 aromatic heterocycles. The summed E-state index contributed by atoms with van der Waals surface area (Å²) in [6, 6.07) is 15.4. The van der Waals surface area contributed by atoms with E-state index in [2.05, 4.69) is 42.5 Å². The Morgan fingerprint density at radius 2 is 1.48 bits per heavy atom. The molecule has 0 fully saturated rings. The molecule has 1 aliphatic rings. The van der Waals surface area contributed by atoms with Gasteiger partial charge in [-0.2, -0.15) is 0 Å². The van der Waals surface area contributed by atoms with Crippen molar-refractivity contribution in [2.75, 3.05) is 5.75 Å². The Balaban J connectivity index is 1.44. The zero-order valence-electron chi connectivity index (χ0n) is 16.9. The maximum Gasteiger partial charge on any atom is 0.155 e. The third kappa shape index (κ3) is 4.63. The van der Waals surface area contributed by atoms with Gasteiger partial charge < -0.3 is 0 Å². The molecule has 2 nitrogen and oxygen atoms in total. The van der Waals surface area contributed by atoms with Gasteiger partial charge in [-0.25, -0.2) is 8.42 Å². The number of fused-ring (bicyclic) bond motifs is 3. The van der Waals surface area contributed by atoms with E-state index in [-0.39, 0.29) is 0 Å². The number of hydrogen-bond donors (Lipinski definition) is 0. The van der Waals surface area contributed by atoms with Gasteiger partial charge in [-0.1, -0.05) is 61.7 Å². The Labute approximate surface area is 164 Å². The van der Waals surface area contributed by atoms with Crippen LogP contribution >= 0.6 is 0 Å². The molecule has 1 aliphatic carbocycles. The lowest BCUT2D eigenvalue weighted by molar-refractivity contribution is 0.552. The molecule has 0 aliphatic heterocycles. The highest BCUT2D eigenvalue weighted by Gasteiger charge is 2.27. The summed E-state index contributed by atoms with van der Waals surface area (Å²) in [5.41, 5.74) is 7.25. The molecular weight excluding hydrogens is 352 g/mol. The molecule has 0 amide bonds. The minimum Gasteiger partial charge on any atom is -0.228 e. The molecule has 0 bridgehead atoms. The van der Waals surface area contributed by atoms with Gasteiger partial charge in [0.05, 0.1) is 10.5 Å². The maximum absolute atomic E-state index is 12.1. The molecule has 3 rings (SSSR count). The van der Waals surface area contributed by atoms with E-state index in [9.17, 15) is 8.42 Å². The number of aryl methyl sites for hydroxylation is 1. The molecule has 0 spiro atoms. The average Bonchev–Trinajstić information content (AvgIpc) is 2.99. The van der Waals surface area contributed by atoms with Crippen molar-refractivity contribution < 1.29 is 8.42 Å². The average molecular weight is 385 g/mol. The molecule has 2 aromatic rings. The van der Waals surface area contributed by atoms with E-state index in [0.29, 0.717) is 5.75 Å². The second-order valence-electron chi connectivity index (χ2n) is 8.73. The minimum absolute atomic E-state index is 0.320. The Hall–Kier alpha value is -1.61. The summed E-state index contributed by atoms with van der Waals surface area (Å²) in [6.07, 6.45) is 7.45. The lowest BCUT2D eigenvalue weighted by Crippen LogP contribution is -2.30. The quantitative estimate of drug-likeness (QED) is 0.449. The van der Waals surface area contributed by atoms with Gasteiger partial charge in [0.1, 0.15) is 0 Å². The topological polar surface area (TPSA) is 34.1 Å². The van der Waals surface area contributed by atoms with E-state index in [1.807, 2.05) is 0 Å². The highest BCUT2D eigenvalue weighted by molar-refractivity contribution is 7.92. The first kappa shape index (κ1) is 20.1. The summed E-state index contributed by atoms with van der Waals surface area (Å²) < 4.78 is 23.6. The lowest BCUT2D eigenvalue weighted by atomic mass is 9.97. The molecule has 0 saturated carbocycles. The molecule has 0 atom stereocenters. The Morgan fingerprint density at radius 3 is 2.26 bits per heavy atom. The van der Waals surface area contributed by atoms with Crippen LogP contribution in [0.25, 0.3) is 11.1 Å². The van der Waals surface area contributed by atoms with Crippen molar-refractivity contribution in [3.8, 4) is 11.1 Å². The van der Waals surface area contributed by atoms with Crippen molar-refractivity contribution in [3.05, 3.63) is 59.2 Å². The van der Waals surface area contributed by atoms with Crippen molar-refractivity contribution >= 4 is 9.84 Å². The smallest absolute Gasteiger partial charge is 0.155 e. The van der Waals surface area contributed by atoms with E-state index in [4.69, 9.17) is 0 Å². The van der Waals surface area contributed by atoms with Crippen LogP contribution in [0, 0.1) is 0 Å². The van der Waals surface area contributed by atoms with Gasteiger partial charge in [0.2, 0.25) is 0 Å². The third-order valence-electron chi connectivity index (χ3n) is 5.74. The lowest BCUT2D eigenvalue weighted by Gasteiger charge is -2.18. The summed E-state index contributed by atoms with van der Waals surface area (Å²) in [4.78, 5) is 0. The first-order chi connectivity index (χ1) is 12.8. The fourth-order valence-electron chi connectivity index (χ4n) is 3.90. The summed E-state index contributed by atoms with van der Waals surface area (Å²) >= 11 is 0. The summed E-state index contributed by atoms with van der Waals surface area (Å²) in [5, 5.41) is 0. The predicted molar refractivity (Wildman–Crippen MR) is 115 cm³/mol. The van der Waals surface area contributed by atoms with Crippen LogP contribution in [0.5, 0.6) is 0 Å². The number of benzene rings is 2. The Kier molecular flexibility index (Phi) is 6.10. The molecule has 2 aromatic carbocycles. The standard InChI is InChI=1S/C24H32O2S/c1-24(2,3)27(25,26)17-10-6-4-5-7-12-19-14-11-16-22-21-15-9-8-13-20(21)18-23(19)22/h8-9,11,13-16H,4-7,10,12,17-18H2,1-3H3. The molecule has 0 N–H and O–H groups in total. The predicted octanol–water partition coefficient (Wildman–Crippen LogP) is 5.96. The van der Waals surface area contributed by atoms with Crippen LogP contribution in [0.1, 0.15) is 69.6 Å². The maximum atomic E-state index is 12.1. The fraction of sp³-hybridized carbons (Fsp3) is 0.500. The molecule has 0 unspecified atom stereocenters. The van der Waals surface area contributed by atoms with Crippen molar-refractivity contribution in [2.24, 2.45) is 0 Å². The van der Waals surface area contributed by atoms with E-state index >= 15 is 0 Å². The third-order valence-corrected chi connectivity index (χ3v) is 8.43. The Bertz CT molecular complexity index is 889. The number of unbranched alkanes of at least 4 members (excludes halogenated alkanes) is 4. The van der Waals surface area contributed by atoms with Crippen molar-refractivity contribution in [1.82, 2.24) is 0 Å². The van der Waals surface area contributed by atoms with Crippen LogP contribution in [0.2, 0.25) is 0 Å². The zero-order chi connectivity index (χ0) is 19.5. The van der Waals surface area contributed by atoms with Crippen molar-refractivity contribution in [2.45, 2.75) is 70.5 Å². The van der Waals surface area contributed by atoms with E-state index < -0.39 is 14.6 Å². The number of hydrogen-bond acceptors (Lipinski definition) is 2. The molecule has 146 valence electrons. The van der Waals surface area contributed by atoms with Crippen molar-refractivity contribution in [1.29, 1.82) is 0 Å². The van der Waals surface area contributed by atoms with E-state index in [1.54, 1.807) is 20.8 Å². The Morgan fingerprint density at radius 1 is 0.815 bits per heavy atom. The van der Waals surface area contributed by atoms with Gasteiger partial charge in [0, 0.05) is 0 Å². The molecule has 0 saturated heterocycles. The monoisotopic (exact) mass is 384 g/mol. The van der Waals surface area contributed by atoms with Gasteiger partial charge in [0.15, 0.2) is 9.84 Å². The van der Waals surface area contributed by atoms with E-state index in [1.165, 1.54) is 40.7 Å². The van der Waals surface area contributed by atoms with Crippen molar-refractivity contribution in [3.63, 3.8) is 0 Å². The van der Waals surface area contributed by atoms with Crippen LogP contribution in [0.4, 0.5) is 0 Å². The highest BCUT2D eigenvalue weighted by atomic mass is 32.2. The van der Waals surface area contributed by atoms with Gasteiger partial charge in [0.25, 0.3) is 0 Å². The number of sulfone groups is 1. The molecule has 27 heavy (non-hydrogen) atoms. The first-order valence-corrected chi connectivity index (χ1v) is 11.9. The van der Waals surface area contributed by atoms with Gasteiger partial charge in [-0.3, -0.25) is 0 Å². The first-order valence-electron chi connectivity index (χ1n) is 10.2. The van der Waals surface area contributed by atoms with Crippen LogP contribution in [0.3, 0.4) is 0 Å². The van der Waals surface area contributed by atoms with Crippen LogP contribution in [-0.2, 0) is 22.7 Å². The van der Waals surface area contributed by atoms with Crippen LogP contribution < -0.4 is 0 Å². The van der Waals surface area contributed by atoms with Crippen LogP contribution in [0.15, 0.2) is 42.5 Å². The van der Waals surface area contributed by atoms with E-state index in [0.717, 1.165) is 32.1 Å². The van der Waals surface area contributed by atoms with Gasteiger partial charge in [-0.05, 0) is 74.3 Å².